The molecule has 0 aliphatic carbocycles. The van der Waals surface area contributed by atoms with Gasteiger partial charge in [0.25, 0.3) is 0 Å². The lowest BCUT2D eigenvalue weighted by molar-refractivity contribution is -0.697. The Kier molecular flexibility index (Phi) is 16.6. The molecule has 0 amide bonds. The van der Waals surface area contributed by atoms with Crippen molar-refractivity contribution in [3.8, 4) is 0 Å². The zero-order valence-electron chi connectivity index (χ0n) is 18.7. The average Bonchev–Trinajstić information content (AvgIpc) is 2.69. The third-order valence-corrected chi connectivity index (χ3v) is 5.76. The van der Waals surface area contributed by atoms with E-state index in [0.717, 1.165) is 0 Å². The standard InChI is InChI=1S/C26H48N/c1-3-5-7-9-11-12-13-14-15-17-19-23-27-24-20-22-26(25-27)21-18-16-10-8-6-4-2/h20,22,24-25H,3-19,21,23H2,1-2H3/q+1. The van der Waals surface area contributed by atoms with Gasteiger partial charge in [0.2, 0.25) is 0 Å². The van der Waals surface area contributed by atoms with Crippen LogP contribution in [-0.2, 0) is 13.0 Å². The molecular formula is C26H48N+. The summed E-state index contributed by atoms with van der Waals surface area (Å²) >= 11 is 0. The number of aryl methyl sites for hydroxylation is 2. The zero-order chi connectivity index (χ0) is 19.4. The molecule has 0 atom stereocenters. The van der Waals surface area contributed by atoms with Crippen molar-refractivity contribution in [2.75, 3.05) is 0 Å². The van der Waals surface area contributed by atoms with Crippen LogP contribution >= 0.6 is 0 Å². The largest absolute Gasteiger partial charge is 0.205 e. The van der Waals surface area contributed by atoms with Crippen LogP contribution in [0.3, 0.4) is 0 Å². The molecule has 0 unspecified atom stereocenters. The molecule has 1 aromatic rings. The van der Waals surface area contributed by atoms with Gasteiger partial charge in [0, 0.05) is 18.1 Å². The first kappa shape index (κ1) is 24.2. The molecule has 1 nitrogen and oxygen atoms in total. The summed E-state index contributed by atoms with van der Waals surface area (Å²) in [6.45, 7) is 5.78. The summed E-state index contributed by atoms with van der Waals surface area (Å²) in [5, 5.41) is 0. The fourth-order valence-corrected chi connectivity index (χ4v) is 3.93. The van der Waals surface area contributed by atoms with E-state index < -0.39 is 0 Å². The third kappa shape index (κ3) is 14.8. The molecule has 0 radical (unpaired) electrons. The summed E-state index contributed by atoms with van der Waals surface area (Å²) in [6, 6.07) is 4.55. The van der Waals surface area contributed by atoms with Gasteiger partial charge in [0.1, 0.15) is 6.54 Å². The van der Waals surface area contributed by atoms with Crippen LogP contribution in [0.1, 0.15) is 129 Å². The van der Waals surface area contributed by atoms with E-state index in [0.29, 0.717) is 0 Å². The fraction of sp³-hybridized carbons (Fsp3) is 0.808. The van der Waals surface area contributed by atoms with Gasteiger partial charge in [-0.15, -0.1) is 0 Å². The maximum atomic E-state index is 2.42. The minimum absolute atomic E-state index is 1.20. The normalized spacial score (nSPS) is 11.2. The van der Waals surface area contributed by atoms with Gasteiger partial charge in [0.15, 0.2) is 12.4 Å². The molecule has 1 aromatic heterocycles. The quantitative estimate of drug-likeness (QED) is 0.170. The van der Waals surface area contributed by atoms with Gasteiger partial charge in [-0.25, -0.2) is 4.57 Å². The van der Waals surface area contributed by atoms with E-state index in [2.05, 4.69) is 42.9 Å². The van der Waals surface area contributed by atoms with E-state index in [4.69, 9.17) is 0 Å². The summed E-state index contributed by atoms with van der Waals surface area (Å²) in [7, 11) is 0. The van der Waals surface area contributed by atoms with Crippen LogP contribution in [-0.4, -0.2) is 0 Å². The number of pyridine rings is 1. The fourth-order valence-electron chi connectivity index (χ4n) is 3.93. The highest BCUT2D eigenvalue weighted by atomic mass is 14.9. The molecule has 0 spiro atoms. The molecule has 0 aliphatic rings. The topological polar surface area (TPSA) is 3.88 Å². The Bertz CT molecular complexity index is 426. The Balaban J connectivity index is 1.99. The lowest BCUT2D eigenvalue weighted by atomic mass is 10.1. The molecule has 0 N–H and O–H groups in total. The van der Waals surface area contributed by atoms with Gasteiger partial charge < -0.3 is 0 Å². The summed E-state index contributed by atoms with van der Waals surface area (Å²) < 4.78 is 2.42. The van der Waals surface area contributed by atoms with Crippen molar-refractivity contribution in [2.45, 2.75) is 136 Å². The van der Waals surface area contributed by atoms with Crippen LogP contribution in [0.5, 0.6) is 0 Å². The minimum Gasteiger partial charge on any atom is -0.205 e. The second-order valence-corrected chi connectivity index (χ2v) is 8.50. The highest BCUT2D eigenvalue weighted by molar-refractivity contribution is 5.05. The summed E-state index contributed by atoms with van der Waals surface area (Å²) in [5.41, 5.74) is 1.52. The molecule has 1 heteroatoms. The number of aromatic nitrogens is 1. The van der Waals surface area contributed by atoms with Crippen molar-refractivity contribution in [3.63, 3.8) is 0 Å². The third-order valence-electron chi connectivity index (χ3n) is 5.76. The van der Waals surface area contributed by atoms with Gasteiger partial charge >= 0.3 is 0 Å². The van der Waals surface area contributed by atoms with Crippen LogP contribution in [0, 0.1) is 0 Å². The van der Waals surface area contributed by atoms with Crippen LogP contribution in [0.15, 0.2) is 24.5 Å². The van der Waals surface area contributed by atoms with Gasteiger partial charge in [0.05, 0.1) is 0 Å². The molecule has 27 heavy (non-hydrogen) atoms. The molecule has 156 valence electrons. The van der Waals surface area contributed by atoms with E-state index in [9.17, 15) is 0 Å². The summed E-state index contributed by atoms with van der Waals surface area (Å²) in [5.74, 6) is 0. The summed E-state index contributed by atoms with van der Waals surface area (Å²) in [4.78, 5) is 0. The molecular weight excluding hydrogens is 326 g/mol. The monoisotopic (exact) mass is 374 g/mol. The van der Waals surface area contributed by atoms with Gasteiger partial charge in [-0.1, -0.05) is 104 Å². The van der Waals surface area contributed by atoms with E-state index >= 15 is 0 Å². The highest BCUT2D eigenvalue weighted by Crippen LogP contribution is 2.11. The van der Waals surface area contributed by atoms with Crippen molar-refractivity contribution < 1.29 is 4.57 Å². The van der Waals surface area contributed by atoms with E-state index in [1.165, 1.54) is 128 Å². The van der Waals surface area contributed by atoms with Gasteiger partial charge in [-0.2, -0.15) is 0 Å². The molecule has 0 aliphatic heterocycles. The summed E-state index contributed by atoms with van der Waals surface area (Å²) in [6.07, 6.45) is 29.9. The minimum atomic E-state index is 1.20. The van der Waals surface area contributed by atoms with Crippen molar-refractivity contribution in [2.24, 2.45) is 0 Å². The zero-order valence-corrected chi connectivity index (χ0v) is 18.7. The number of hydrogen-bond acceptors (Lipinski definition) is 0. The number of nitrogens with zero attached hydrogens (tertiary/aromatic N) is 1. The van der Waals surface area contributed by atoms with Crippen LogP contribution in [0.25, 0.3) is 0 Å². The number of unbranched alkanes of at least 4 members (excludes halogenated alkanes) is 15. The number of hydrogen-bond donors (Lipinski definition) is 0. The second kappa shape index (κ2) is 18.5. The first-order valence-electron chi connectivity index (χ1n) is 12.3. The lowest BCUT2D eigenvalue weighted by Gasteiger charge is -2.03. The van der Waals surface area contributed by atoms with Gasteiger partial charge in [-0.3, -0.25) is 0 Å². The molecule has 0 bridgehead atoms. The Morgan fingerprint density at radius 1 is 0.593 bits per heavy atom. The Morgan fingerprint density at radius 2 is 1.07 bits per heavy atom. The molecule has 1 rings (SSSR count). The Morgan fingerprint density at radius 3 is 1.63 bits per heavy atom. The molecule has 0 saturated heterocycles. The second-order valence-electron chi connectivity index (χ2n) is 8.50. The highest BCUT2D eigenvalue weighted by Gasteiger charge is 2.03. The Labute approximate surface area is 171 Å². The van der Waals surface area contributed by atoms with E-state index in [1.54, 1.807) is 0 Å². The molecule has 1 heterocycles. The predicted molar refractivity (Wildman–Crippen MR) is 120 cm³/mol. The predicted octanol–water partition coefficient (Wildman–Crippen LogP) is 8.19. The van der Waals surface area contributed by atoms with Crippen molar-refractivity contribution in [3.05, 3.63) is 30.1 Å². The van der Waals surface area contributed by atoms with Crippen LogP contribution in [0.2, 0.25) is 0 Å². The van der Waals surface area contributed by atoms with E-state index in [1.807, 2.05) is 0 Å². The lowest BCUT2D eigenvalue weighted by Crippen LogP contribution is -2.33. The molecule has 0 fully saturated rings. The first-order valence-corrected chi connectivity index (χ1v) is 12.3. The molecule has 0 saturated carbocycles. The SMILES string of the molecule is CCCCCCCCCCCCC[n+]1cccc(CCCCCCCC)c1. The number of rotatable bonds is 19. The smallest absolute Gasteiger partial charge is 0.171 e. The molecule has 0 aromatic carbocycles. The van der Waals surface area contributed by atoms with Crippen molar-refractivity contribution >= 4 is 0 Å². The first-order chi connectivity index (χ1) is 13.4. The Hall–Kier alpha value is -0.850. The van der Waals surface area contributed by atoms with Gasteiger partial charge in [-0.05, 0) is 25.3 Å². The van der Waals surface area contributed by atoms with Crippen LogP contribution in [0.4, 0.5) is 0 Å². The average molecular weight is 375 g/mol. The maximum absolute atomic E-state index is 2.42. The maximum Gasteiger partial charge on any atom is 0.171 e. The van der Waals surface area contributed by atoms with Crippen LogP contribution < -0.4 is 4.57 Å². The van der Waals surface area contributed by atoms with Crippen molar-refractivity contribution in [1.82, 2.24) is 0 Å². The van der Waals surface area contributed by atoms with E-state index in [-0.39, 0.29) is 0 Å². The van der Waals surface area contributed by atoms with Crippen molar-refractivity contribution in [1.29, 1.82) is 0 Å².